The quantitative estimate of drug-likeness (QED) is 0.833. The van der Waals surface area contributed by atoms with Crippen LogP contribution in [0.4, 0.5) is 5.69 Å². The molecule has 3 rings (SSSR count). The van der Waals surface area contributed by atoms with Gasteiger partial charge in [-0.25, -0.2) is 0 Å². The molecule has 0 saturated heterocycles. The van der Waals surface area contributed by atoms with E-state index < -0.39 is 0 Å². The van der Waals surface area contributed by atoms with Crippen molar-refractivity contribution in [3.63, 3.8) is 0 Å². The molecule has 96 valence electrons. The summed E-state index contributed by atoms with van der Waals surface area (Å²) in [6, 6.07) is 18.2. The van der Waals surface area contributed by atoms with E-state index in [0.717, 1.165) is 18.5 Å². The molecule has 0 fully saturated rings. The lowest BCUT2D eigenvalue weighted by atomic mass is 10.0. The van der Waals surface area contributed by atoms with Gasteiger partial charge in [0.1, 0.15) is 6.04 Å². The summed E-state index contributed by atoms with van der Waals surface area (Å²) < 4.78 is 0. The number of fused-ring (bicyclic) bond motifs is 1. The fourth-order valence-corrected chi connectivity index (χ4v) is 2.90. The van der Waals surface area contributed by atoms with E-state index in [1.807, 2.05) is 36.4 Å². The molecule has 1 unspecified atom stereocenters. The average Bonchev–Trinajstić information content (AvgIpc) is 2.84. The number of rotatable bonds is 3. The lowest BCUT2D eigenvalue weighted by Gasteiger charge is -2.28. The lowest BCUT2D eigenvalue weighted by molar-refractivity contribution is -0.118. The second kappa shape index (κ2) is 4.88. The summed E-state index contributed by atoms with van der Waals surface area (Å²) in [6.45, 7) is 2.59. The van der Waals surface area contributed by atoms with Gasteiger partial charge in [0, 0.05) is 12.2 Å². The van der Waals surface area contributed by atoms with Crippen LogP contribution in [0.2, 0.25) is 0 Å². The highest BCUT2D eigenvalue weighted by molar-refractivity contribution is 5.87. The third-order valence-corrected chi connectivity index (χ3v) is 3.74. The van der Waals surface area contributed by atoms with Crippen LogP contribution in [-0.2, 0) is 11.2 Å². The zero-order chi connectivity index (χ0) is 13.2. The Balaban J connectivity index is 2.02. The van der Waals surface area contributed by atoms with Crippen LogP contribution in [0.15, 0.2) is 54.6 Å². The second-order valence-electron chi connectivity index (χ2n) is 5.00. The number of carbonyl (C=O) groups is 1. The van der Waals surface area contributed by atoms with Gasteiger partial charge in [0.05, 0.1) is 0 Å². The van der Waals surface area contributed by atoms with Crippen molar-refractivity contribution in [3.8, 4) is 0 Å². The summed E-state index contributed by atoms with van der Waals surface area (Å²) >= 11 is 0. The van der Waals surface area contributed by atoms with Gasteiger partial charge in [0.15, 0.2) is 5.78 Å². The maximum Gasteiger partial charge on any atom is 0.156 e. The first-order valence-electron chi connectivity index (χ1n) is 6.67. The standard InChI is InChI=1S/C17H17NO/c1-13(19)17(15-8-3-2-4-9-15)18-12-11-14-7-5-6-10-16(14)18/h2-10,17H,11-12H2,1H3. The first-order chi connectivity index (χ1) is 9.27. The molecule has 0 bridgehead atoms. The average molecular weight is 251 g/mol. The Hall–Kier alpha value is -2.09. The van der Waals surface area contributed by atoms with Crippen LogP contribution in [0.1, 0.15) is 24.1 Å². The van der Waals surface area contributed by atoms with Crippen LogP contribution in [0, 0.1) is 0 Å². The van der Waals surface area contributed by atoms with Crippen LogP contribution < -0.4 is 4.90 Å². The minimum Gasteiger partial charge on any atom is -0.357 e. The molecule has 1 atom stereocenters. The number of hydrogen-bond donors (Lipinski definition) is 0. The molecule has 2 aromatic carbocycles. The molecule has 0 saturated carbocycles. The molecule has 2 nitrogen and oxygen atoms in total. The largest absolute Gasteiger partial charge is 0.357 e. The van der Waals surface area contributed by atoms with E-state index in [-0.39, 0.29) is 11.8 Å². The van der Waals surface area contributed by atoms with Gasteiger partial charge in [-0.05, 0) is 30.5 Å². The molecule has 1 aliphatic heterocycles. The SMILES string of the molecule is CC(=O)C(c1ccccc1)N1CCc2ccccc21. The van der Waals surface area contributed by atoms with Crippen molar-refractivity contribution in [2.45, 2.75) is 19.4 Å². The van der Waals surface area contributed by atoms with Crippen molar-refractivity contribution in [1.82, 2.24) is 0 Å². The van der Waals surface area contributed by atoms with E-state index in [0.29, 0.717) is 0 Å². The Kier molecular flexibility index (Phi) is 3.08. The Bertz CT molecular complexity index is 591. The summed E-state index contributed by atoms with van der Waals surface area (Å²) in [4.78, 5) is 14.3. The summed E-state index contributed by atoms with van der Waals surface area (Å²) in [5.74, 6) is 0.197. The van der Waals surface area contributed by atoms with Crippen LogP contribution in [-0.4, -0.2) is 12.3 Å². The molecular formula is C17H17NO. The first-order valence-corrected chi connectivity index (χ1v) is 6.67. The highest BCUT2D eigenvalue weighted by Gasteiger charge is 2.29. The Morgan fingerprint density at radius 2 is 1.74 bits per heavy atom. The Labute approximate surface area is 113 Å². The first kappa shape index (κ1) is 12.0. The fraction of sp³-hybridized carbons (Fsp3) is 0.235. The van der Waals surface area contributed by atoms with Crippen molar-refractivity contribution in [3.05, 3.63) is 65.7 Å². The van der Waals surface area contributed by atoms with E-state index in [2.05, 4.69) is 23.1 Å². The molecule has 1 aliphatic rings. The van der Waals surface area contributed by atoms with Crippen molar-refractivity contribution in [2.24, 2.45) is 0 Å². The van der Waals surface area contributed by atoms with Gasteiger partial charge in [0.2, 0.25) is 0 Å². The Morgan fingerprint density at radius 3 is 2.47 bits per heavy atom. The van der Waals surface area contributed by atoms with Gasteiger partial charge in [-0.15, -0.1) is 0 Å². The summed E-state index contributed by atoms with van der Waals surface area (Å²) in [5.41, 5.74) is 3.61. The molecule has 19 heavy (non-hydrogen) atoms. The number of hydrogen-bond acceptors (Lipinski definition) is 2. The van der Waals surface area contributed by atoms with Gasteiger partial charge < -0.3 is 4.90 Å². The number of benzene rings is 2. The van der Waals surface area contributed by atoms with Gasteiger partial charge >= 0.3 is 0 Å². The molecule has 1 heterocycles. The monoisotopic (exact) mass is 251 g/mol. The third-order valence-electron chi connectivity index (χ3n) is 3.74. The van der Waals surface area contributed by atoms with E-state index in [1.165, 1.54) is 11.3 Å². The molecule has 0 N–H and O–H groups in total. The predicted molar refractivity (Wildman–Crippen MR) is 77.4 cm³/mol. The summed E-state index contributed by atoms with van der Waals surface area (Å²) in [7, 11) is 0. The number of anilines is 1. The zero-order valence-electron chi connectivity index (χ0n) is 11.0. The third kappa shape index (κ3) is 2.14. The molecule has 2 aromatic rings. The van der Waals surface area contributed by atoms with E-state index in [9.17, 15) is 4.79 Å². The predicted octanol–water partition coefficient (Wildman–Crippen LogP) is 3.38. The smallest absolute Gasteiger partial charge is 0.156 e. The second-order valence-corrected chi connectivity index (χ2v) is 5.00. The Morgan fingerprint density at radius 1 is 1.05 bits per heavy atom. The van der Waals surface area contributed by atoms with Crippen LogP contribution in [0.5, 0.6) is 0 Å². The minimum absolute atomic E-state index is 0.162. The van der Waals surface area contributed by atoms with Crippen molar-refractivity contribution < 1.29 is 4.79 Å². The van der Waals surface area contributed by atoms with Crippen LogP contribution >= 0.6 is 0 Å². The molecule has 0 amide bonds. The number of para-hydroxylation sites is 1. The lowest BCUT2D eigenvalue weighted by Crippen LogP contribution is -2.31. The van der Waals surface area contributed by atoms with Crippen molar-refractivity contribution >= 4 is 11.5 Å². The summed E-state index contributed by atoms with van der Waals surface area (Å²) in [6.07, 6.45) is 1.02. The molecule has 0 radical (unpaired) electrons. The number of carbonyl (C=O) groups excluding carboxylic acids is 1. The maximum absolute atomic E-state index is 12.1. The van der Waals surface area contributed by atoms with Crippen LogP contribution in [0.3, 0.4) is 0 Å². The van der Waals surface area contributed by atoms with E-state index in [1.54, 1.807) is 6.92 Å². The maximum atomic E-state index is 12.1. The summed E-state index contributed by atoms with van der Waals surface area (Å²) in [5, 5.41) is 0. The van der Waals surface area contributed by atoms with Crippen molar-refractivity contribution in [1.29, 1.82) is 0 Å². The van der Waals surface area contributed by atoms with E-state index >= 15 is 0 Å². The van der Waals surface area contributed by atoms with Gasteiger partial charge in [0.25, 0.3) is 0 Å². The number of ketones is 1. The molecular weight excluding hydrogens is 234 g/mol. The molecule has 2 heteroatoms. The zero-order valence-corrected chi connectivity index (χ0v) is 11.0. The number of Topliss-reactive ketones (excluding diaryl/α,β-unsaturated/α-hetero) is 1. The van der Waals surface area contributed by atoms with E-state index in [4.69, 9.17) is 0 Å². The highest BCUT2D eigenvalue weighted by atomic mass is 16.1. The molecule has 0 aliphatic carbocycles. The van der Waals surface area contributed by atoms with Crippen LogP contribution in [0.25, 0.3) is 0 Å². The van der Waals surface area contributed by atoms with Crippen molar-refractivity contribution in [2.75, 3.05) is 11.4 Å². The van der Waals surface area contributed by atoms with Gasteiger partial charge in [-0.1, -0.05) is 48.5 Å². The molecule has 0 spiro atoms. The van der Waals surface area contributed by atoms with Gasteiger partial charge in [-0.2, -0.15) is 0 Å². The topological polar surface area (TPSA) is 20.3 Å². The highest BCUT2D eigenvalue weighted by Crippen LogP contribution is 2.35. The van der Waals surface area contributed by atoms with Gasteiger partial charge in [-0.3, -0.25) is 4.79 Å². The normalized spacial score (nSPS) is 15.1. The fourth-order valence-electron chi connectivity index (χ4n) is 2.90. The number of nitrogens with zero attached hydrogens (tertiary/aromatic N) is 1. The minimum atomic E-state index is -0.162. The molecule has 0 aromatic heterocycles.